The lowest BCUT2D eigenvalue weighted by atomic mass is 9.90. The van der Waals surface area contributed by atoms with E-state index in [0.29, 0.717) is 26.3 Å². The van der Waals surface area contributed by atoms with E-state index in [0.717, 1.165) is 38.6 Å². The summed E-state index contributed by atoms with van der Waals surface area (Å²) in [5, 5.41) is 2.97. The molecule has 0 saturated carbocycles. The van der Waals surface area contributed by atoms with Crippen molar-refractivity contribution in [3.05, 3.63) is 0 Å². The van der Waals surface area contributed by atoms with Crippen molar-refractivity contribution in [1.29, 1.82) is 0 Å². The molecule has 2 saturated heterocycles. The lowest BCUT2D eigenvalue weighted by Gasteiger charge is -2.39. The van der Waals surface area contributed by atoms with Crippen LogP contribution in [0.25, 0.3) is 0 Å². The van der Waals surface area contributed by atoms with E-state index in [-0.39, 0.29) is 11.9 Å². The maximum atomic E-state index is 12.2. The molecule has 2 heterocycles. The third-order valence-corrected chi connectivity index (χ3v) is 4.33. The normalized spacial score (nSPS) is 24.6. The second-order valence-corrected chi connectivity index (χ2v) is 5.89. The first-order chi connectivity index (χ1) is 10.2. The fourth-order valence-electron chi connectivity index (χ4n) is 3.01. The largest absolute Gasteiger partial charge is 0.347 e. The Morgan fingerprint density at radius 2 is 2.19 bits per heavy atom. The lowest BCUT2D eigenvalue weighted by molar-refractivity contribution is -0.189. The zero-order chi connectivity index (χ0) is 15.1. The summed E-state index contributed by atoms with van der Waals surface area (Å²) in [6.07, 6.45) is 9.90. The molecule has 0 aromatic rings. The van der Waals surface area contributed by atoms with Crippen LogP contribution in [-0.2, 0) is 9.47 Å². The molecule has 2 aliphatic heterocycles. The molecule has 118 valence electrons. The molecule has 21 heavy (non-hydrogen) atoms. The van der Waals surface area contributed by atoms with Gasteiger partial charge in [-0.05, 0) is 32.6 Å². The molecule has 0 bridgehead atoms. The molecule has 0 aromatic heterocycles. The fraction of sp³-hybridized carbons (Fsp3) is 0.812. The minimum atomic E-state index is -0.522. The SMILES string of the molecule is C#CCCCCNC(=O)N1CCC[C@@H](C2(C)OCCO2)C1. The van der Waals surface area contributed by atoms with E-state index < -0.39 is 5.79 Å². The number of ether oxygens (including phenoxy) is 2. The molecular formula is C16H26N2O3. The molecule has 2 aliphatic rings. The second-order valence-electron chi connectivity index (χ2n) is 5.89. The van der Waals surface area contributed by atoms with Crippen LogP contribution in [0.2, 0.25) is 0 Å². The van der Waals surface area contributed by atoms with Crippen LogP contribution in [0.15, 0.2) is 0 Å². The van der Waals surface area contributed by atoms with Gasteiger partial charge >= 0.3 is 6.03 Å². The van der Waals surface area contributed by atoms with Gasteiger partial charge in [-0.15, -0.1) is 12.3 Å². The van der Waals surface area contributed by atoms with Crippen molar-refractivity contribution in [3.63, 3.8) is 0 Å². The molecule has 5 nitrogen and oxygen atoms in total. The molecule has 0 spiro atoms. The van der Waals surface area contributed by atoms with Crippen molar-refractivity contribution in [2.24, 2.45) is 5.92 Å². The number of unbranched alkanes of at least 4 members (excludes halogenated alkanes) is 2. The van der Waals surface area contributed by atoms with Gasteiger partial charge < -0.3 is 19.7 Å². The van der Waals surface area contributed by atoms with Gasteiger partial charge in [0.15, 0.2) is 5.79 Å². The Morgan fingerprint density at radius 1 is 1.43 bits per heavy atom. The second kappa shape index (κ2) is 7.67. The van der Waals surface area contributed by atoms with E-state index in [9.17, 15) is 4.79 Å². The van der Waals surface area contributed by atoms with Crippen LogP contribution in [0.5, 0.6) is 0 Å². The highest BCUT2D eigenvalue weighted by atomic mass is 16.7. The molecule has 0 aliphatic carbocycles. The third-order valence-electron chi connectivity index (χ3n) is 4.33. The molecule has 1 atom stereocenters. The number of urea groups is 1. The summed E-state index contributed by atoms with van der Waals surface area (Å²) in [6, 6.07) is 0.0157. The predicted molar refractivity (Wildman–Crippen MR) is 80.7 cm³/mol. The van der Waals surface area contributed by atoms with Gasteiger partial charge in [0.25, 0.3) is 0 Å². The van der Waals surface area contributed by atoms with Crippen LogP contribution in [0.1, 0.15) is 39.0 Å². The predicted octanol–water partition coefficient (Wildman–Crippen LogP) is 1.97. The van der Waals surface area contributed by atoms with Crippen molar-refractivity contribution >= 4 is 6.03 Å². The van der Waals surface area contributed by atoms with Gasteiger partial charge in [0.2, 0.25) is 0 Å². The van der Waals surface area contributed by atoms with Crippen molar-refractivity contribution < 1.29 is 14.3 Å². The van der Waals surface area contributed by atoms with E-state index >= 15 is 0 Å². The van der Waals surface area contributed by atoms with Crippen LogP contribution in [0.4, 0.5) is 4.79 Å². The van der Waals surface area contributed by atoms with Gasteiger partial charge in [-0.2, -0.15) is 0 Å². The lowest BCUT2D eigenvalue weighted by Crippen LogP contribution is -2.51. The van der Waals surface area contributed by atoms with Gasteiger partial charge in [0, 0.05) is 32.0 Å². The topological polar surface area (TPSA) is 50.8 Å². The number of terminal acetylenes is 1. The molecule has 0 aromatic carbocycles. The van der Waals surface area contributed by atoms with E-state index in [1.165, 1.54) is 0 Å². The summed E-state index contributed by atoms with van der Waals surface area (Å²) in [5.41, 5.74) is 0. The van der Waals surface area contributed by atoms with Gasteiger partial charge in [0.1, 0.15) is 0 Å². The molecule has 2 fully saturated rings. The van der Waals surface area contributed by atoms with Crippen LogP contribution < -0.4 is 5.32 Å². The van der Waals surface area contributed by atoms with E-state index in [1.54, 1.807) is 0 Å². The number of piperidine rings is 1. The van der Waals surface area contributed by atoms with Crippen LogP contribution in [0.3, 0.4) is 0 Å². The number of carbonyl (C=O) groups is 1. The van der Waals surface area contributed by atoms with Crippen LogP contribution in [-0.4, -0.2) is 49.6 Å². The molecule has 2 amide bonds. The summed E-state index contributed by atoms with van der Waals surface area (Å²) in [5.74, 6) is 2.34. The van der Waals surface area contributed by atoms with Gasteiger partial charge in [-0.3, -0.25) is 0 Å². The highest BCUT2D eigenvalue weighted by Crippen LogP contribution is 2.33. The van der Waals surface area contributed by atoms with E-state index in [1.807, 2.05) is 11.8 Å². The van der Waals surface area contributed by atoms with Crippen molar-refractivity contribution in [3.8, 4) is 12.3 Å². The maximum Gasteiger partial charge on any atom is 0.317 e. The fourth-order valence-corrected chi connectivity index (χ4v) is 3.01. The number of nitrogens with one attached hydrogen (secondary N) is 1. The Labute approximate surface area is 127 Å². The van der Waals surface area contributed by atoms with Gasteiger partial charge in [-0.25, -0.2) is 4.79 Å². The Hall–Kier alpha value is -1.25. The van der Waals surface area contributed by atoms with E-state index in [2.05, 4.69) is 11.2 Å². The Morgan fingerprint density at radius 3 is 2.90 bits per heavy atom. The number of likely N-dealkylation sites (tertiary alicyclic amines) is 1. The number of carbonyl (C=O) groups excluding carboxylic acids is 1. The van der Waals surface area contributed by atoms with Crippen molar-refractivity contribution in [1.82, 2.24) is 10.2 Å². The molecule has 1 N–H and O–H groups in total. The van der Waals surface area contributed by atoms with Crippen LogP contribution in [0, 0.1) is 18.3 Å². The monoisotopic (exact) mass is 294 g/mol. The molecule has 2 rings (SSSR count). The highest BCUT2D eigenvalue weighted by molar-refractivity contribution is 5.74. The zero-order valence-corrected chi connectivity index (χ0v) is 12.9. The summed E-state index contributed by atoms with van der Waals surface area (Å²) in [6.45, 7) is 5.48. The average molecular weight is 294 g/mol. The van der Waals surface area contributed by atoms with Crippen molar-refractivity contribution in [2.75, 3.05) is 32.8 Å². The third kappa shape index (κ3) is 4.36. The molecule has 0 radical (unpaired) electrons. The van der Waals surface area contributed by atoms with Gasteiger partial charge in [-0.1, -0.05) is 0 Å². The van der Waals surface area contributed by atoms with Crippen molar-refractivity contribution in [2.45, 2.75) is 44.8 Å². The summed E-state index contributed by atoms with van der Waals surface area (Å²) in [7, 11) is 0. The summed E-state index contributed by atoms with van der Waals surface area (Å²) < 4.78 is 11.5. The average Bonchev–Trinajstić information content (AvgIpc) is 2.95. The Kier molecular flexibility index (Phi) is 5.89. The minimum Gasteiger partial charge on any atom is -0.347 e. The molecule has 0 unspecified atom stereocenters. The highest BCUT2D eigenvalue weighted by Gasteiger charge is 2.42. The number of hydrogen-bond donors (Lipinski definition) is 1. The van der Waals surface area contributed by atoms with E-state index in [4.69, 9.17) is 15.9 Å². The number of amides is 2. The molecule has 5 heteroatoms. The number of nitrogens with zero attached hydrogens (tertiary/aromatic N) is 1. The number of rotatable bonds is 5. The Balaban J connectivity index is 1.75. The standard InChI is InChI=1S/C16H26N2O3/c1-3-4-5-6-9-17-15(19)18-10-7-8-14(13-18)16(2)20-11-12-21-16/h1,14H,4-13H2,2H3,(H,17,19)/t14-/m1/s1. The summed E-state index contributed by atoms with van der Waals surface area (Å²) >= 11 is 0. The van der Waals surface area contributed by atoms with Crippen LogP contribution >= 0.6 is 0 Å². The Bertz CT molecular complexity index is 385. The first-order valence-corrected chi connectivity index (χ1v) is 7.90. The molecular weight excluding hydrogens is 268 g/mol. The first-order valence-electron chi connectivity index (χ1n) is 7.90. The quantitative estimate of drug-likeness (QED) is 0.623. The summed E-state index contributed by atoms with van der Waals surface area (Å²) in [4.78, 5) is 14.1. The maximum absolute atomic E-state index is 12.2. The first kappa shape index (κ1) is 16.1. The van der Waals surface area contributed by atoms with Gasteiger partial charge in [0.05, 0.1) is 13.2 Å². The smallest absolute Gasteiger partial charge is 0.317 e. The number of hydrogen-bond acceptors (Lipinski definition) is 3. The minimum absolute atomic E-state index is 0.0157. The zero-order valence-electron chi connectivity index (χ0n) is 12.9.